The molecule has 0 aromatic heterocycles. The minimum atomic E-state index is -1.26. The lowest BCUT2D eigenvalue weighted by atomic mass is 10.0. The van der Waals surface area contributed by atoms with Crippen molar-refractivity contribution in [2.75, 3.05) is 66.1 Å². The molecule has 0 amide bonds. The number of aliphatic hydroxyl groups is 6. The standard InChI is InChI=1S/C15H18O9.C11H14O6.2C11H16O6.C10H12O7.CH4/c1-8(16)2-4-12(19)23-9-6-21-15-10(7-22-14(9)15)24-13(20)5-3-11(17)18;1-6-4-15-11-7(5-16-10(6)11)17-9(14)3-2-8(12)13;2*1-6(12)2-3-9(14)17-8-5-16-10-7(13)4-15-11(8)10;11-5-3-15-10-6(4-16-9(5)10)17-8(14)2-1-7(12)13;/h3,5,9-10,14-16H,1-2,4,6-7H2,(H,17,18);2-3,6-7,10-11H,4-5H2,1H3,(H,12,13);2*7-8,10-13H,1-5H2;1-2,5-6,9-11H,3-4H2,(H,12,13);1H4/b5-3+;3-2+;;;2-1+;/t9-,10-,14+,15+;6-,7-,10+,11+;7-,8-,10+,11+;7-,8-,10-,11-;5-,6-,9-,10-;/m00011./s1. The van der Waals surface area contributed by atoms with Crippen molar-refractivity contribution in [3.8, 4) is 0 Å². The molecular formula is C59H80O34. The van der Waals surface area contributed by atoms with Crippen LogP contribution in [0.1, 0.15) is 52.9 Å². The molecule has 10 aliphatic heterocycles. The van der Waals surface area contributed by atoms with E-state index in [0.29, 0.717) is 31.3 Å². The van der Waals surface area contributed by atoms with Crippen molar-refractivity contribution >= 4 is 53.7 Å². The number of fused-ring (bicyclic) bond motifs is 5. The molecule has 0 radical (unpaired) electrons. The Hall–Kier alpha value is -7.45. The van der Waals surface area contributed by atoms with Gasteiger partial charge >= 0.3 is 53.7 Å². The summed E-state index contributed by atoms with van der Waals surface area (Å²) in [5.74, 6) is -7.25. The maximum Gasteiger partial charge on any atom is 0.331 e. The minimum absolute atomic E-state index is 0. The zero-order valence-electron chi connectivity index (χ0n) is 49.7. The Bertz CT molecular complexity index is 2580. The van der Waals surface area contributed by atoms with Gasteiger partial charge in [0.2, 0.25) is 0 Å². The fourth-order valence-electron chi connectivity index (χ4n) is 10.4. The Morgan fingerprint density at radius 2 is 0.538 bits per heavy atom. The average molecular weight is 1330 g/mol. The van der Waals surface area contributed by atoms with Crippen molar-refractivity contribution in [1.29, 1.82) is 0 Å². The third-order valence-electron chi connectivity index (χ3n) is 14.8. The predicted molar refractivity (Wildman–Crippen MR) is 304 cm³/mol. The molecule has 10 heterocycles. The second-order valence-corrected chi connectivity index (χ2v) is 21.9. The van der Waals surface area contributed by atoms with Crippen LogP contribution in [0.15, 0.2) is 73.5 Å². The second kappa shape index (κ2) is 36.9. The maximum absolute atomic E-state index is 11.7. The summed E-state index contributed by atoms with van der Waals surface area (Å²) in [6.07, 6.45) is -4.07. The van der Waals surface area contributed by atoms with Gasteiger partial charge in [0.05, 0.1) is 109 Å². The average Bonchev–Trinajstić information content (AvgIpc) is 1.78. The van der Waals surface area contributed by atoms with E-state index in [1.165, 1.54) is 0 Å². The Morgan fingerprint density at radius 1 is 0.323 bits per heavy atom. The summed E-state index contributed by atoms with van der Waals surface area (Å²) in [4.78, 5) is 99.3. The van der Waals surface area contributed by atoms with Gasteiger partial charge in [-0.25, -0.2) is 28.8 Å². The molecule has 34 nitrogen and oxygen atoms in total. The first-order valence-corrected chi connectivity index (χ1v) is 28.9. The number of rotatable bonds is 21. The number of carboxylic acid groups (broad SMARTS) is 3. The van der Waals surface area contributed by atoms with Crippen molar-refractivity contribution in [2.45, 2.75) is 169 Å². The number of hydrogen-bond acceptors (Lipinski definition) is 31. The molecule has 0 aromatic rings. The fraction of sp³-hybridized carbons (Fsp3) is 0.644. The van der Waals surface area contributed by atoms with Crippen LogP contribution >= 0.6 is 0 Å². The maximum atomic E-state index is 11.7. The van der Waals surface area contributed by atoms with Crippen molar-refractivity contribution in [1.82, 2.24) is 0 Å². The Balaban J connectivity index is 0.000000212. The van der Waals surface area contributed by atoms with E-state index in [2.05, 4.69) is 19.7 Å². The van der Waals surface area contributed by atoms with E-state index < -0.39 is 145 Å². The Labute approximate surface area is 531 Å². The SMILES string of the molecule is C.C=C(O)CCC(=O)O[C@@H]1CO[C@H]2[C@@H]1OC[C@H]2O.C=C(O)CCC(=O)O[C@H]1CO[C@H]2[C@@H]1OC[C@@H]2O.C=C(O)CCC(=O)O[C@H]1CO[C@H]2[C@@H]1OC[C@@H]2OC(=O)/C=C/C(=O)O.C[C@H]1CO[C@H]2[C@@H]1OC[C@@H]2OC(=O)/C=C/C(=O)O.O=C(O)/C=C/C(=O)O[C@@H]1CO[C@H]2[C@@H]1OC[C@H]2O. The normalized spacial score (nSPS) is 33.5. The first-order chi connectivity index (χ1) is 43.7. The van der Waals surface area contributed by atoms with Gasteiger partial charge < -0.3 is 122 Å². The third kappa shape index (κ3) is 23.5. The van der Waals surface area contributed by atoms with Gasteiger partial charge in [-0.3, -0.25) is 14.4 Å². The van der Waals surface area contributed by atoms with Gasteiger partial charge in [-0.05, 0) is 0 Å². The largest absolute Gasteiger partial charge is 0.513 e. The van der Waals surface area contributed by atoms with Gasteiger partial charge in [0.1, 0.15) is 73.2 Å². The van der Waals surface area contributed by atoms with Crippen molar-refractivity contribution in [3.63, 3.8) is 0 Å². The minimum Gasteiger partial charge on any atom is -0.513 e. The molecule has 0 saturated carbocycles. The molecule has 0 unspecified atom stereocenters. The van der Waals surface area contributed by atoms with Crippen molar-refractivity contribution < 1.29 is 165 Å². The zero-order chi connectivity index (χ0) is 67.3. The van der Waals surface area contributed by atoms with E-state index in [9.17, 15) is 58.5 Å². The van der Waals surface area contributed by atoms with Gasteiger partial charge in [-0.1, -0.05) is 34.1 Å². The number of carbonyl (C=O) groups excluding carboxylic acids is 6. The molecule has 10 fully saturated rings. The van der Waals surface area contributed by atoms with Crippen molar-refractivity contribution in [3.05, 3.63) is 73.5 Å². The fourth-order valence-corrected chi connectivity index (χ4v) is 10.4. The van der Waals surface area contributed by atoms with E-state index in [4.69, 9.17) is 106 Å². The Kier molecular flexibility index (Phi) is 30.2. The van der Waals surface area contributed by atoms with Gasteiger partial charge in [-0.2, -0.15) is 0 Å². The topological polar surface area (TPSA) is 483 Å². The molecule has 0 bridgehead atoms. The molecule has 10 aliphatic rings. The molecule has 20 atom stereocenters. The molecule has 0 spiro atoms. The lowest BCUT2D eigenvalue weighted by Crippen LogP contribution is -2.35. The van der Waals surface area contributed by atoms with Crippen LogP contribution in [0, 0.1) is 5.92 Å². The summed E-state index contributed by atoms with van der Waals surface area (Å²) in [5, 5.41) is 80.3. The van der Waals surface area contributed by atoms with Crippen LogP contribution < -0.4 is 0 Å². The highest BCUT2D eigenvalue weighted by molar-refractivity contribution is 5.92. The molecule has 93 heavy (non-hydrogen) atoms. The van der Waals surface area contributed by atoms with Gasteiger partial charge in [-0.15, -0.1) is 0 Å². The number of hydrogen-bond donors (Lipinski definition) is 9. The first-order valence-electron chi connectivity index (χ1n) is 28.9. The number of allylic oxidation sites excluding steroid dienone is 3. The third-order valence-corrected chi connectivity index (χ3v) is 14.8. The van der Waals surface area contributed by atoms with Crippen LogP contribution in [0.25, 0.3) is 0 Å². The Morgan fingerprint density at radius 3 is 0.806 bits per heavy atom. The lowest BCUT2D eigenvalue weighted by molar-refractivity contribution is -0.155. The molecule has 520 valence electrons. The number of carboxylic acids is 3. The summed E-state index contributed by atoms with van der Waals surface area (Å²) < 4.78 is 84.3. The summed E-state index contributed by atoms with van der Waals surface area (Å²) in [7, 11) is 0. The first kappa shape index (κ1) is 76.3. The lowest BCUT2D eigenvalue weighted by Gasteiger charge is -2.17. The summed E-state index contributed by atoms with van der Waals surface area (Å²) in [6, 6.07) is 0. The van der Waals surface area contributed by atoms with E-state index >= 15 is 0 Å². The number of esters is 6. The quantitative estimate of drug-likeness (QED) is 0.0295. The van der Waals surface area contributed by atoms with E-state index in [1.54, 1.807) is 0 Å². The summed E-state index contributed by atoms with van der Waals surface area (Å²) >= 11 is 0. The smallest absolute Gasteiger partial charge is 0.331 e. The highest BCUT2D eigenvalue weighted by Gasteiger charge is 2.53. The molecule has 0 aromatic carbocycles. The monoisotopic (exact) mass is 1330 g/mol. The summed E-state index contributed by atoms with van der Waals surface area (Å²) in [5.41, 5.74) is 0. The van der Waals surface area contributed by atoms with Crippen LogP contribution in [-0.4, -0.2) is 282 Å². The van der Waals surface area contributed by atoms with Crippen LogP contribution in [-0.2, 0) is 119 Å². The van der Waals surface area contributed by atoms with Crippen LogP contribution in [0.5, 0.6) is 0 Å². The number of aliphatic carboxylic acids is 3. The zero-order valence-corrected chi connectivity index (χ0v) is 49.7. The molecular weight excluding hydrogens is 1250 g/mol. The number of carbonyl (C=O) groups is 9. The van der Waals surface area contributed by atoms with Crippen LogP contribution in [0.2, 0.25) is 0 Å². The highest BCUT2D eigenvalue weighted by atomic mass is 16.7. The molecule has 9 N–H and O–H groups in total. The van der Waals surface area contributed by atoms with E-state index in [1.807, 2.05) is 6.92 Å². The van der Waals surface area contributed by atoms with Gasteiger partial charge in [0.15, 0.2) is 36.6 Å². The van der Waals surface area contributed by atoms with Crippen LogP contribution in [0.3, 0.4) is 0 Å². The summed E-state index contributed by atoms with van der Waals surface area (Å²) in [6.45, 7) is 14.1. The predicted octanol–water partition coefficient (Wildman–Crippen LogP) is -0.776. The number of aliphatic hydroxyl groups excluding tert-OH is 6. The van der Waals surface area contributed by atoms with Gasteiger partial charge in [0.25, 0.3) is 0 Å². The molecule has 10 rings (SSSR count). The molecule has 0 aliphatic carbocycles. The number of ether oxygens (including phenoxy) is 16. The highest BCUT2D eigenvalue weighted by Crippen LogP contribution is 2.35. The molecule has 34 heteroatoms. The van der Waals surface area contributed by atoms with Gasteiger partial charge in [0, 0.05) is 61.6 Å². The second-order valence-electron chi connectivity index (χ2n) is 21.9. The van der Waals surface area contributed by atoms with Crippen LogP contribution in [0.4, 0.5) is 0 Å². The van der Waals surface area contributed by atoms with E-state index in [-0.39, 0.29) is 140 Å². The molecule has 10 saturated heterocycles. The van der Waals surface area contributed by atoms with Crippen molar-refractivity contribution in [2.24, 2.45) is 5.92 Å². The van der Waals surface area contributed by atoms with E-state index in [0.717, 1.165) is 24.3 Å².